The lowest BCUT2D eigenvalue weighted by molar-refractivity contribution is 0.637. The maximum absolute atomic E-state index is 4.42. The van der Waals surface area contributed by atoms with Gasteiger partial charge in [-0.25, -0.2) is 4.98 Å². The van der Waals surface area contributed by atoms with Crippen LogP contribution in [0.5, 0.6) is 0 Å². The highest BCUT2D eigenvalue weighted by atomic mass is 15.4. The van der Waals surface area contributed by atoms with Crippen molar-refractivity contribution in [3.05, 3.63) is 36.2 Å². The van der Waals surface area contributed by atoms with Gasteiger partial charge in [0.2, 0.25) is 5.65 Å². The summed E-state index contributed by atoms with van der Waals surface area (Å²) >= 11 is 0. The van der Waals surface area contributed by atoms with Crippen molar-refractivity contribution in [2.45, 2.75) is 13.8 Å². The highest BCUT2D eigenvalue weighted by Gasteiger charge is 2.22. The second-order valence-electron chi connectivity index (χ2n) is 6.47. The van der Waals surface area contributed by atoms with Crippen molar-refractivity contribution < 1.29 is 0 Å². The third-order valence-electron chi connectivity index (χ3n) is 4.68. The van der Waals surface area contributed by atoms with Crippen LogP contribution >= 0.6 is 0 Å². The summed E-state index contributed by atoms with van der Waals surface area (Å²) in [5, 5.41) is 16.9. The van der Waals surface area contributed by atoms with Crippen molar-refractivity contribution in [3.63, 3.8) is 0 Å². The van der Waals surface area contributed by atoms with E-state index >= 15 is 0 Å². The molecule has 1 aliphatic heterocycles. The van der Waals surface area contributed by atoms with Gasteiger partial charge in [0.1, 0.15) is 18.5 Å². The number of piperazine rings is 1. The molecule has 4 aromatic rings. The summed E-state index contributed by atoms with van der Waals surface area (Å²) in [6.45, 7) is 7.48. The number of rotatable bonds is 2. The molecule has 10 nitrogen and oxygen atoms in total. The summed E-state index contributed by atoms with van der Waals surface area (Å²) in [6, 6.07) is 4.14. The van der Waals surface area contributed by atoms with Gasteiger partial charge in [0.15, 0.2) is 0 Å². The Bertz CT molecular complexity index is 1000. The SMILES string of the molecule is Cc1cc(N2CCN(c3cc(C)nn4cnnc34)CC2)n2ncnc2n1. The van der Waals surface area contributed by atoms with Crippen LogP contribution in [0.4, 0.5) is 11.5 Å². The average Bonchev–Trinajstić information content (AvgIpc) is 3.29. The minimum Gasteiger partial charge on any atom is -0.365 e. The van der Waals surface area contributed by atoms with Gasteiger partial charge in [-0.1, -0.05) is 0 Å². The lowest BCUT2D eigenvalue weighted by Crippen LogP contribution is -2.47. The van der Waals surface area contributed by atoms with E-state index in [9.17, 15) is 0 Å². The fourth-order valence-electron chi connectivity index (χ4n) is 3.48. The number of nitrogens with zero attached hydrogens (tertiary/aromatic N) is 10. The standard InChI is InChI=1S/C16H18N10/c1-11-8-14(26-16(20-11)17-9-19-26)24-5-3-23(4-6-24)13-7-12(2)22-25-10-18-21-15(13)25/h7-10H,3-6H2,1-2H3. The van der Waals surface area contributed by atoms with E-state index < -0.39 is 0 Å². The molecule has 0 radical (unpaired) electrons. The van der Waals surface area contributed by atoms with Crippen LogP contribution in [0.2, 0.25) is 0 Å². The van der Waals surface area contributed by atoms with E-state index in [1.807, 2.05) is 13.8 Å². The molecule has 1 saturated heterocycles. The third kappa shape index (κ3) is 2.33. The minimum atomic E-state index is 0.636. The topological polar surface area (TPSA) is 92.6 Å². The zero-order chi connectivity index (χ0) is 17.7. The molecular formula is C16H18N10. The zero-order valence-electron chi connectivity index (χ0n) is 14.6. The molecule has 0 N–H and O–H groups in total. The fraction of sp³-hybridized carbons (Fsp3) is 0.375. The summed E-state index contributed by atoms with van der Waals surface area (Å²) < 4.78 is 3.54. The highest BCUT2D eigenvalue weighted by molar-refractivity contribution is 5.69. The normalized spacial score (nSPS) is 15.3. The number of hydrogen-bond acceptors (Lipinski definition) is 8. The molecule has 0 spiro atoms. The molecule has 0 unspecified atom stereocenters. The molecule has 0 atom stereocenters. The Hall–Kier alpha value is -3.30. The van der Waals surface area contributed by atoms with Crippen LogP contribution in [0, 0.1) is 13.8 Å². The molecule has 0 amide bonds. The molecule has 132 valence electrons. The third-order valence-corrected chi connectivity index (χ3v) is 4.68. The van der Waals surface area contributed by atoms with Crippen LogP contribution in [0.1, 0.15) is 11.4 Å². The number of anilines is 2. The molecule has 0 bridgehead atoms. The van der Waals surface area contributed by atoms with Crippen molar-refractivity contribution in [3.8, 4) is 0 Å². The van der Waals surface area contributed by atoms with Crippen molar-refractivity contribution in [2.75, 3.05) is 36.0 Å². The lowest BCUT2D eigenvalue weighted by atomic mass is 10.2. The Morgan fingerprint density at radius 3 is 2.62 bits per heavy atom. The lowest BCUT2D eigenvalue weighted by Gasteiger charge is -2.37. The molecule has 10 heteroatoms. The summed E-state index contributed by atoms with van der Waals surface area (Å²) in [5.41, 5.74) is 3.76. The van der Waals surface area contributed by atoms with E-state index in [4.69, 9.17) is 0 Å². The van der Waals surface area contributed by atoms with Crippen molar-refractivity contribution in [1.29, 1.82) is 0 Å². The van der Waals surface area contributed by atoms with Crippen molar-refractivity contribution >= 4 is 22.9 Å². The largest absolute Gasteiger partial charge is 0.365 e. The monoisotopic (exact) mass is 350 g/mol. The van der Waals surface area contributed by atoms with Crippen molar-refractivity contribution in [2.24, 2.45) is 0 Å². The summed E-state index contributed by atoms with van der Waals surface area (Å²) in [4.78, 5) is 13.3. The molecular weight excluding hydrogens is 332 g/mol. The van der Waals surface area contributed by atoms with E-state index in [0.717, 1.165) is 54.7 Å². The maximum atomic E-state index is 4.42. The minimum absolute atomic E-state index is 0.636. The second kappa shape index (κ2) is 5.61. The summed E-state index contributed by atoms with van der Waals surface area (Å²) in [6.07, 6.45) is 3.19. The number of fused-ring (bicyclic) bond motifs is 2. The Labute approximate surface area is 149 Å². The predicted molar refractivity (Wildman–Crippen MR) is 95.5 cm³/mol. The molecule has 0 aliphatic carbocycles. The number of aromatic nitrogens is 8. The van der Waals surface area contributed by atoms with Gasteiger partial charge in [-0.05, 0) is 19.9 Å². The van der Waals surface area contributed by atoms with E-state index in [1.54, 1.807) is 21.7 Å². The van der Waals surface area contributed by atoms with Crippen LogP contribution in [-0.2, 0) is 0 Å². The first-order valence-electron chi connectivity index (χ1n) is 8.54. The molecule has 5 rings (SSSR count). The molecule has 5 heterocycles. The van der Waals surface area contributed by atoms with Crippen molar-refractivity contribution in [1.82, 2.24) is 39.4 Å². The van der Waals surface area contributed by atoms with Gasteiger partial charge in [0.25, 0.3) is 5.78 Å². The maximum Gasteiger partial charge on any atom is 0.254 e. The van der Waals surface area contributed by atoms with Crippen LogP contribution in [0.25, 0.3) is 11.4 Å². The number of aryl methyl sites for hydroxylation is 2. The molecule has 1 aliphatic rings. The Morgan fingerprint density at radius 2 is 1.77 bits per heavy atom. The predicted octanol–water partition coefficient (Wildman–Crippen LogP) is 0.505. The molecule has 0 saturated carbocycles. The molecule has 1 fully saturated rings. The van der Waals surface area contributed by atoms with Crippen LogP contribution in [0.3, 0.4) is 0 Å². The number of hydrogen-bond donors (Lipinski definition) is 0. The van der Waals surface area contributed by atoms with E-state index in [-0.39, 0.29) is 0 Å². The van der Waals surface area contributed by atoms with Crippen LogP contribution < -0.4 is 9.80 Å². The summed E-state index contributed by atoms with van der Waals surface area (Å²) in [7, 11) is 0. The summed E-state index contributed by atoms with van der Waals surface area (Å²) in [5.74, 6) is 1.67. The van der Waals surface area contributed by atoms with Gasteiger partial charge in [-0.15, -0.1) is 10.2 Å². The van der Waals surface area contributed by atoms with Gasteiger partial charge in [-0.2, -0.15) is 24.2 Å². The Balaban J connectivity index is 1.44. The van der Waals surface area contributed by atoms with E-state index in [2.05, 4.69) is 52.3 Å². The highest BCUT2D eigenvalue weighted by Crippen LogP contribution is 2.24. The fourth-order valence-corrected chi connectivity index (χ4v) is 3.48. The van der Waals surface area contributed by atoms with E-state index in [1.165, 1.54) is 0 Å². The molecule has 4 aromatic heterocycles. The van der Waals surface area contributed by atoms with E-state index in [0.29, 0.717) is 5.78 Å². The first-order chi connectivity index (χ1) is 12.7. The quantitative estimate of drug-likeness (QED) is 0.516. The Kier molecular flexibility index (Phi) is 3.24. The van der Waals surface area contributed by atoms with Gasteiger partial charge in [0, 0.05) is 37.9 Å². The first-order valence-corrected chi connectivity index (χ1v) is 8.54. The van der Waals surface area contributed by atoms with Gasteiger partial charge in [-0.3, -0.25) is 0 Å². The van der Waals surface area contributed by atoms with Gasteiger partial charge >= 0.3 is 0 Å². The zero-order valence-corrected chi connectivity index (χ0v) is 14.6. The van der Waals surface area contributed by atoms with Crippen LogP contribution in [-0.4, -0.2) is 65.6 Å². The average molecular weight is 350 g/mol. The smallest absolute Gasteiger partial charge is 0.254 e. The van der Waals surface area contributed by atoms with Gasteiger partial charge < -0.3 is 9.80 Å². The second-order valence-corrected chi connectivity index (χ2v) is 6.47. The molecule has 0 aromatic carbocycles. The Morgan fingerprint density at radius 1 is 0.962 bits per heavy atom. The van der Waals surface area contributed by atoms with Crippen LogP contribution in [0.15, 0.2) is 24.8 Å². The molecule has 26 heavy (non-hydrogen) atoms. The van der Waals surface area contributed by atoms with Gasteiger partial charge in [0.05, 0.1) is 11.4 Å². The first kappa shape index (κ1) is 15.0.